The van der Waals surface area contributed by atoms with Crippen LogP contribution in [0.4, 0.5) is 5.82 Å². The van der Waals surface area contributed by atoms with Gasteiger partial charge in [-0.1, -0.05) is 13.8 Å². The summed E-state index contributed by atoms with van der Waals surface area (Å²) in [6, 6.07) is 2.33. The summed E-state index contributed by atoms with van der Waals surface area (Å²) in [5.74, 6) is 0.898. The lowest BCUT2D eigenvalue weighted by Crippen LogP contribution is -2.35. The first-order chi connectivity index (χ1) is 8.74. The maximum Gasteiger partial charge on any atom is 0.152 e. The molecule has 1 unspecified atom stereocenters. The lowest BCUT2D eigenvalue weighted by atomic mass is 10.3. The number of likely N-dealkylation sites (N-methyl/N-ethyl adjacent to an activating group) is 1. The predicted octanol–water partition coefficient (Wildman–Crippen LogP) is 1.87. The van der Waals surface area contributed by atoms with Crippen LogP contribution in [0.25, 0.3) is 5.52 Å². The summed E-state index contributed by atoms with van der Waals surface area (Å²) in [5.41, 5.74) is 1.02. The van der Waals surface area contributed by atoms with Crippen LogP contribution in [0, 0.1) is 0 Å². The number of hydrogen-bond donors (Lipinski definition) is 1. The lowest BCUT2D eigenvalue weighted by Gasteiger charge is -2.23. The minimum atomic E-state index is 0.360. The van der Waals surface area contributed by atoms with Gasteiger partial charge in [-0.15, -0.1) is 0 Å². The molecule has 0 aromatic carbocycles. The Morgan fingerprint density at radius 3 is 2.83 bits per heavy atom. The molecule has 2 aromatic rings. The first-order valence-corrected chi connectivity index (χ1v) is 6.51. The quantitative estimate of drug-likeness (QED) is 0.846. The Bertz CT molecular complexity index is 489. The molecule has 2 rings (SSSR count). The van der Waals surface area contributed by atoms with Crippen LogP contribution in [0.15, 0.2) is 24.7 Å². The SMILES string of the molecule is CCN(CC)CC(C)Nc1nccn2nccc12. The molecule has 0 radical (unpaired) electrons. The fraction of sp³-hybridized carbons (Fsp3) is 0.538. The minimum Gasteiger partial charge on any atom is -0.365 e. The van der Waals surface area contributed by atoms with Gasteiger partial charge in [0, 0.05) is 25.0 Å². The van der Waals surface area contributed by atoms with E-state index in [-0.39, 0.29) is 0 Å². The molecule has 1 N–H and O–H groups in total. The largest absolute Gasteiger partial charge is 0.365 e. The summed E-state index contributed by atoms with van der Waals surface area (Å²) in [6.45, 7) is 9.72. The summed E-state index contributed by atoms with van der Waals surface area (Å²) in [5, 5.41) is 7.66. The van der Waals surface area contributed by atoms with E-state index in [2.05, 4.69) is 41.1 Å². The highest BCUT2D eigenvalue weighted by molar-refractivity contribution is 5.66. The van der Waals surface area contributed by atoms with Crippen molar-refractivity contribution in [2.24, 2.45) is 0 Å². The van der Waals surface area contributed by atoms with Crippen LogP contribution >= 0.6 is 0 Å². The topological polar surface area (TPSA) is 45.5 Å². The molecule has 18 heavy (non-hydrogen) atoms. The zero-order valence-corrected chi connectivity index (χ0v) is 11.3. The van der Waals surface area contributed by atoms with Crippen LogP contribution in [-0.4, -0.2) is 45.2 Å². The zero-order valence-electron chi connectivity index (χ0n) is 11.3. The molecule has 5 nitrogen and oxygen atoms in total. The molecule has 1 atom stereocenters. The van der Waals surface area contributed by atoms with Crippen LogP contribution in [0.5, 0.6) is 0 Å². The Kier molecular flexibility index (Phi) is 4.15. The fourth-order valence-corrected chi connectivity index (χ4v) is 2.12. The first-order valence-electron chi connectivity index (χ1n) is 6.51. The van der Waals surface area contributed by atoms with Crippen molar-refractivity contribution in [2.45, 2.75) is 26.8 Å². The Morgan fingerprint density at radius 1 is 1.33 bits per heavy atom. The van der Waals surface area contributed by atoms with Gasteiger partial charge in [-0.25, -0.2) is 9.50 Å². The smallest absolute Gasteiger partial charge is 0.152 e. The molecule has 0 aliphatic carbocycles. The Morgan fingerprint density at radius 2 is 2.11 bits per heavy atom. The number of fused-ring (bicyclic) bond motifs is 1. The van der Waals surface area contributed by atoms with E-state index in [0.717, 1.165) is 31.0 Å². The normalized spacial score (nSPS) is 13.1. The average Bonchev–Trinajstić information content (AvgIpc) is 2.85. The molecule has 0 aliphatic heterocycles. The average molecular weight is 247 g/mol. The molecule has 0 bridgehead atoms. The van der Waals surface area contributed by atoms with Crippen LogP contribution in [-0.2, 0) is 0 Å². The summed E-state index contributed by atoms with van der Waals surface area (Å²) >= 11 is 0. The molecule has 2 aromatic heterocycles. The molecule has 0 spiro atoms. The Hall–Kier alpha value is -1.62. The number of aromatic nitrogens is 3. The molecule has 0 fully saturated rings. The van der Waals surface area contributed by atoms with E-state index < -0.39 is 0 Å². The fourth-order valence-electron chi connectivity index (χ4n) is 2.12. The number of nitrogens with one attached hydrogen (secondary N) is 1. The standard InChI is InChI=1S/C13H21N5/c1-4-17(5-2)10-11(3)16-13-12-6-7-15-18(12)9-8-14-13/h6-9,11H,4-5,10H2,1-3H3,(H,14,16). The van der Waals surface area contributed by atoms with E-state index in [1.54, 1.807) is 12.4 Å². The van der Waals surface area contributed by atoms with Gasteiger partial charge < -0.3 is 10.2 Å². The van der Waals surface area contributed by atoms with E-state index in [1.165, 1.54) is 0 Å². The van der Waals surface area contributed by atoms with E-state index in [4.69, 9.17) is 0 Å². The Labute approximate surface area is 108 Å². The maximum atomic E-state index is 4.39. The third-order valence-electron chi connectivity index (χ3n) is 3.13. The van der Waals surface area contributed by atoms with E-state index in [1.807, 2.05) is 16.8 Å². The van der Waals surface area contributed by atoms with Gasteiger partial charge >= 0.3 is 0 Å². The van der Waals surface area contributed by atoms with Gasteiger partial charge in [0.25, 0.3) is 0 Å². The van der Waals surface area contributed by atoms with Gasteiger partial charge in [0.2, 0.25) is 0 Å². The second-order valence-corrected chi connectivity index (χ2v) is 4.47. The molecule has 0 aliphatic rings. The van der Waals surface area contributed by atoms with Gasteiger partial charge in [-0.3, -0.25) is 0 Å². The molecule has 98 valence electrons. The monoisotopic (exact) mass is 247 g/mol. The van der Waals surface area contributed by atoms with Crippen molar-refractivity contribution in [2.75, 3.05) is 25.0 Å². The minimum absolute atomic E-state index is 0.360. The molecule has 0 saturated heterocycles. The number of anilines is 1. The Balaban J connectivity index is 2.06. The third-order valence-corrected chi connectivity index (χ3v) is 3.13. The van der Waals surface area contributed by atoms with Crippen molar-refractivity contribution >= 4 is 11.3 Å². The molecule has 0 saturated carbocycles. The highest BCUT2D eigenvalue weighted by atomic mass is 15.2. The van der Waals surface area contributed by atoms with E-state index >= 15 is 0 Å². The molecule has 5 heteroatoms. The number of rotatable bonds is 6. The number of hydrogen-bond acceptors (Lipinski definition) is 4. The summed E-state index contributed by atoms with van der Waals surface area (Å²) in [6.07, 6.45) is 5.42. The highest BCUT2D eigenvalue weighted by Gasteiger charge is 2.09. The molecular weight excluding hydrogens is 226 g/mol. The van der Waals surface area contributed by atoms with Crippen molar-refractivity contribution < 1.29 is 0 Å². The molecule has 2 heterocycles. The maximum absolute atomic E-state index is 4.39. The first kappa shape index (κ1) is 12.8. The summed E-state index contributed by atoms with van der Waals surface area (Å²) in [4.78, 5) is 6.78. The number of nitrogens with zero attached hydrogens (tertiary/aromatic N) is 4. The van der Waals surface area contributed by atoms with Gasteiger partial charge in [0.15, 0.2) is 5.82 Å². The van der Waals surface area contributed by atoms with Gasteiger partial charge in [0.1, 0.15) is 5.52 Å². The highest BCUT2D eigenvalue weighted by Crippen LogP contribution is 2.13. The van der Waals surface area contributed by atoms with Crippen molar-refractivity contribution in [1.29, 1.82) is 0 Å². The predicted molar refractivity (Wildman–Crippen MR) is 73.9 cm³/mol. The molecule has 0 amide bonds. The van der Waals surface area contributed by atoms with Crippen LogP contribution in [0.3, 0.4) is 0 Å². The van der Waals surface area contributed by atoms with Crippen LogP contribution in [0.2, 0.25) is 0 Å². The van der Waals surface area contributed by atoms with Crippen molar-refractivity contribution in [1.82, 2.24) is 19.5 Å². The summed E-state index contributed by atoms with van der Waals surface area (Å²) < 4.78 is 1.83. The third kappa shape index (κ3) is 2.79. The van der Waals surface area contributed by atoms with E-state index in [0.29, 0.717) is 6.04 Å². The van der Waals surface area contributed by atoms with Crippen molar-refractivity contribution in [3.05, 3.63) is 24.7 Å². The van der Waals surface area contributed by atoms with Crippen LogP contribution < -0.4 is 5.32 Å². The zero-order chi connectivity index (χ0) is 13.0. The van der Waals surface area contributed by atoms with Crippen molar-refractivity contribution in [3.8, 4) is 0 Å². The van der Waals surface area contributed by atoms with E-state index in [9.17, 15) is 0 Å². The van der Waals surface area contributed by atoms with Crippen molar-refractivity contribution in [3.63, 3.8) is 0 Å². The van der Waals surface area contributed by atoms with Gasteiger partial charge in [-0.05, 0) is 26.1 Å². The molecular formula is C13H21N5. The second kappa shape index (κ2) is 5.82. The van der Waals surface area contributed by atoms with Gasteiger partial charge in [-0.2, -0.15) is 5.10 Å². The second-order valence-electron chi connectivity index (χ2n) is 4.47. The lowest BCUT2D eigenvalue weighted by molar-refractivity contribution is 0.294. The summed E-state index contributed by atoms with van der Waals surface area (Å²) in [7, 11) is 0. The van der Waals surface area contributed by atoms with Crippen LogP contribution in [0.1, 0.15) is 20.8 Å². The van der Waals surface area contributed by atoms with Gasteiger partial charge in [0.05, 0.1) is 6.20 Å².